The van der Waals surface area contributed by atoms with E-state index >= 15 is 0 Å². The number of hydrogen-bond acceptors (Lipinski definition) is 7. The van der Waals surface area contributed by atoms with Gasteiger partial charge in [0.05, 0.1) is 23.3 Å². The first-order valence-corrected chi connectivity index (χ1v) is 19.3. The van der Waals surface area contributed by atoms with E-state index in [1.165, 1.54) is 24.5 Å². The van der Waals surface area contributed by atoms with Crippen LogP contribution in [0.4, 0.5) is 10.1 Å². The number of carboxylic acid groups (broad SMARTS) is 1. The average Bonchev–Trinajstić information content (AvgIpc) is 3.12. The number of nitriles is 1. The van der Waals surface area contributed by atoms with E-state index < -0.39 is 33.1 Å². The van der Waals surface area contributed by atoms with Gasteiger partial charge in [-0.1, -0.05) is 73.2 Å². The van der Waals surface area contributed by atoms with Crippen molar-refractivity contribution >= 4 is 33.2 Å². The zero-order valence-electron chi connectivity index (χ0n) is 29.4. The molecule has 1 heterocycles. The first kappa shape index (κ1) is 38.6. The number of aliphatic hydroxyl groups excluding tert-OH is 1. The molecule has 0 saturated carbocycles. The van der Waals surface area contributed by atoms with Gasteiger partial charge >= 0.3 is 5.97 Å². The fourth-order valence-electron chi connectivity index (χ4n) is 7.45. The van der Waals surface area contributed by atoms with Gasteiger partial charge in [0, 0.05) is 11.6 Å². The van der Waals surface area contributed by atoms with Crippen molar-refractivity contribution in [3.05, 3.63) is 113 Å². The highest BCUT2D eigenvalue weighted by Gasteiger charge is 2.48. The molecule has 7 unspecified atom stereocenters. The number of halogens is 1. The number of carboxylic acids is 1. The number of anilines is 1. The number of carbonyl (C=O) groups is 3. The molecule has 274 valence electrons. The van der Waals surface area contributed by atoms with Crippen LogP contribution in [0.25, 0.3) is 0 Å². The minimum atomic E-state index is -3.80. The summed E-state index contributed by atoms with van der Waals surface area (Å²) in [6, 6.07) is 15.4. The van der Waals surface area contributed by atoms with E-state index in [0.29, 0.717) is 38.5 Å². The normalized spacial score (nSPS) is 23.9. The molecule has 1 saturated heterocycles. The topological polar surface area (TPSA) is 153 Å². The van der Waals surface area contributed by atoms with Crippen LogP contribution in [0.15, 0.2) is 96.4 Å². The molecular formula is C41H45FN2O7S. The van der Waals surface area contributed by atoms with E-state index in [0.717, 1.165) is 28.0 Å². The summed E-state index contributed by atoms with van der Waals surface area (Å²) in [5, 5.41) is 29.8. The third-order valence-corrected chi connectivity index (χ3v) is 12.0. The minimum Gasteiger partial charge on any atom is -0.481 e. The molecule has 11 heteroatoms. The molecule has 5 rings (SSSR count). The maximum Gasteiger partial charge on any atom is 0.314 e. The van der Waals surface area contributed by atoms with Crippen molar-refractivity contribution < 1.29 is 37.4 Å². The van der Waals surface area contributed by atoms with Gasteiger partial charge in [-0.15, -0.1) is 0 Å². The number of sulfone groups is 1. The predicted molar refractivity (Wildman–Crippen MR) is 196 cm³/mol. The number of thiocyanates is 1. The van der Waals surface area contributed by atoms with Crippen molar-refractivity contribution in [1.82, 2.24) is 0 Å². The van der Waals surface area contributed by atoms with Crippen LogP contribution in [0, 0.1) is 34.3 Å². The van der Waals surface area contributed by atoms with E-state index in [4.69, 9.17) is 5.26 Å². The Labute approximate surface area is 304 Å². The number of allylic oxidation sites excluding steroid dienone is 6. The molecule has 0 bridgehead atoms. The van der Waals surface area contributed by atoms with Crippen molar-refractivity contribution in [3.63, 3.8) is 0 Å². The van der Waals surface area contributed by atoms with Crippen LogP contribution in [0.3, 0.4) is 0 Å². The van der Waals surface area contributed by atoms with Crippen LogP contribution < -0.4 is 4.90 Å². The molecule has 1 amide bonds. The Morgan fingerprint density at radius 3 is 2.27 bits per heavy atom. The summed E-state index contributed by atoms with van der Waals surface area (Å²) in [4.78, 5) is 38.7. The number of ketones is 1. The van der Waals surface area contributed by atoms with Crippen LogP contribution in [-0.4, -0.2) is 47.6 Å². The average molecular weight is 729 g/mol. The van der Waals surface area contributed by atoms with Crippen LogP contribution >= 0.6 is 0 Å². The second-order valence-electron chi connectivity index (χ2n) is 14.1. The van der Waals surface area contributed by atoms with Gasteiger partial charge in [0.1, 0.15) is 17.5 Å². The third kappa shape index (κ3) is 9.03. The minimum absolute atomic E-state index is 0.0458. The van der Waals surface area contributed by atoms with Crippen molar-refractivity contribution in [1.29, 1.82) is 5.26 Å². The molecule has 2 aromatic carbocycles. The Kier molecular flexibility index (Phi) is 12.4. The molecular weight excluding hydrogens is 684 g/mol. The molecule has 7 atom stereocenters. The number of aryl methyl sites for hydroxylation is 2. The monoisotopic (exact) mass is 728 g/mol. The molecule has 2 N–H and O–H groups in total. The number of nitrogens with zero attached hydrogens (tertiary/aromatic N) is 2. The third-order valence-electron chi connectivity index (χ3n) is 10.6. The van der Waals surface area contributed by atoms with E-state index in [2.05, 4.69) is 0 Å². The number of carbonyl (C=O) groups excluding carboxylic acids is 2. The molecule has 1 aliphatic heterocycles. The zero-order valence-corrected chi connectivity index (χ0v) is 30.2. The summed E-state index contributed by atoms with van der Waals surface area (Å²) in [7, 11) is -3.80. The Bertz CT molecular complexity index is 1910. The first-order valence-electron chi connectivity index (χ1n) is 17.8. The van der Waals surface area contributed by atoms with E-state index in [-0.39, 0.29) is 54.2 Å². The highest BCUT2D eigenvalue weighted by atomic mass is 32.2. The number of hydrogen-bond donors (Lipinski definition) is 2. The number of rotatable bonds is 16. The number of aliphatic hydroxyl groups is 1. The van der Waals surface area contributed by atoms with E-state index in [1.54, 1.807) is 23.1 Å². The zero-order chi connectivity index (χ0) is 37.6. The maximum atomic E-state index is 13.8. The molecule has 52 heavy (non-hydrogen) atoms. The van der Waals surface area contributed by atoms with Crippen molar-refractivity contribution in [3.8, 4) is 5.40 Å². The highest BCUT2D eigenvalue weighted by molar-refractivity contribution is 7.96. The van der Waals surface area contributed by atoms with Crippen molar-refractivity contribution in [2.45, 2.75) is 82.6 Å². The van der Waals surface area contributed by atoms with Gasteiger partial charge in [-0.3, -0.25) is 14.4 Å². The summed E-state index contributed by atoms with van der Waals surface area (Å²) in [6.07, 6.45) is 12.9. The van der Waals surface area contributed by atoms with Gasteiger partial charge in [0.2, 0.25) is 15.7 Å². The fraction of sp³-hybridized carbons (Fsp3) is 0.415. The maximum absolute atomic E-state index is 13.8. The SMILES string of the molecule is CC(=O)C(CCCc1ccc(C2C(CCC(O)C3C=CC(F)=CC3C)C(=O)N2c2ccc(CCC3=CCC(S(=O)(=O)C#N)C=C3)cc2)cc1)C(=O)O. The predicted octanol–water partition coefficient (Wildman–Crippen LogP) is 6.90. The Morgan fingerprint density at radius 1 is 1.00 bits per heavy atom. The molecule has 1 fully saturated rings. The lowest BCUT2D eigenvalue weighted by atomic mass is 9.76. The largest absolute Gasteiger partial charge is 0.481 e. The molecule has 3 aliphatic rings. The molecule has 0 aromatic heterocycles. The molecule has 0 radical (unpaired) electrons. The van der Waals surface area contributed by atoms with Crippen LogP contribution in [0.2, 0.25) is 0 Å². The van der Waals surface area contributed by atoms with Gasteiger partial charge in [-0.25, -0.2) is 12.8 Å². The van der Waals surface area contributed by atoms with Gasteiger partial charge < -0.3 is 15.1 Å². The van der Waals surface area contributed by atoms with Crippen molar-refractivity contribution in [2.75, 3.05) is 4.90 Å². The summed E-state index contributed by atoms with van der Waals surface area (Å²) in [6.45, 7) is 3.16. The van der Waals surface area contributed by atoms with Gasteiger partial charge in [-0.05, 0) is 105 Å². The smallest absolute Gasteiger partial charge is 0.314 e. The molecule has 2 aliphatic carbocycles. The quantitative estimate of drug-likeness (QED) is 0.0820. The summed E-state index contributed by atoms with van der Waals surface area (Å²) >= 11 is 0. The Morgan fingerprint density at radius 2 is 1.67 bits per heavy atom. The Hall–Kier alpha value is -4.66. The van der Waals surface area contributed by atoms with E-state index in [1.807, 2.05) is 61.5 Å². The molecule has 2 aromatic rings. The Balaban J connectivity index is 1.27. The number of aliphatic carboxylic acids is 1. The lowest BCUT2D eigenvalue weighted by molar-refractivity contribution is -0.146. The fourth-order valence-corrected chi connectivity index (χ4v) is 8.22. The standard InChI is InChI=1S/C41H45FN2O7S/c1-26-24-32(42)16-21-35(26)38(46)23-22-37-39(31-14-8-28(9-15-31)4-3-5-36(27(2)45)41(48)49)44(40(37)47)33-17-10-29(11-18-33)6-7-30-12-19-34(20-13-30)52(50,51)25-43/h8-19,21,24,26,34-39,46H,3-7,20,22-23H2,1-2H3,(H,48,49). The number of β-lactam (4-membered cyclic amide) rings is 1. The second kappa shape index (κ2) is 16.8. The highest BCUT2D eigenvalue weighted by Crippen LogP contribution is 2.46. The lowest BCUT2D eigenvalue weighted by Crippen LogP contribution is -2.55. The molecule has 0 spiro atoms. The van der Waals surface area contributed by atoms with Gasteiger partial charge in [-0.2, -0.15) is 5.26 Å². The van der Waals surface area contributed by atoms with Crippen LogP contribution in [-0.2, 0) is 37.1 Å². The van der Waals surface area contributed by atoms with Crippen molar-refractivity contribution in [2.24, 2.45) is 23.7 Å². The van der Waals surface area contributed by atoms with E-state index in [9.17, 15) is 37.4 Å². The lowest BCUT2D eigenvalue weighted by Gasteiger charge is -2.48. The number of amides is 1. The van der Waals surface area contributed by atoms with Crippen LogP contribution in [0.1, 0.15) is 75.1 Å². The second-order valence-corrected chi connectivity index (χ2v) is 16.0. The van der Waals surface area contributed by atoms with Crippen LogP contribution in [0.5, 0.6) is 0 Å². The summed E-state index contributed by atoms with van der Waals surface area (Å²) < 4.78 is 37.4. The number of Topliss-reactive ketones (excluding diaryl/α,β-unsaturated/α-hetero) is 1. The molecule has 9 nitrogen and oxygen atoms in total. The van der Waals surface area contributed by atoms with Gasteiger partial charge in [0.25, 0.3) is 0 Å². The summed E-state index contributed by atoms with van der Waals surface area (Å²) in [5.74, 6) is -3.63. The first-order chi connectivity index (χ1) is 24.8. The summed E-state index contributed by atoms with van der Waals surface area (Å²) in [5.41, 5.74) is 4.72. The van der Waals surface area contributed by atoms with Gasteiger partial charge in [0.15, 0.2) is 5.40 Å². The number of benzene rings is 2.